The van der Waals surface area contributed by atoms with Gasteiger partial charge in [0.15, 0.2) is 0 Å². The van der Waals surface area contributed by atoms with Gasteiger partial charge in [-0.15, -0.1) is 0 Å². The first-order valence-corrected chi connectivity index (χ1v) is 10.5. The molecule has 4 rings (SSSR count). The summed E-state index contributed by atoms with van der Waals surface area (Å²) in [7, 11) is 1.85. The summed E-state index contributed by atoms with van der Waals surface area (Å²) >= 11 is 6.01. The van der Waals surface area contributed by atoms with Crippen LogP contribution in [-0.2, 0) is 16.1 Å². The fourth-order valence-corrected chi connectivity index (χ4v) is 3.92. The van der Waals surface area contributed by atoms with Gasteiger partial charge in [-0.2, -0.15) is 0 Å². The van der Waals surface area contributed by atoms with E-state index in [9.17, 15) is 9.59 Å². The van der Waals surface area contributed by atoms with E-state index in [0.29, 0.717) is 28.5 Å². The first kappa shape index (κ1) is 20.9. The summed E-state index contributed by atoms with van der Waals surface area (Å²) < 4.78 is 0. The number of amides is 2. The smallest absolute Gasteiger partial charge is 0.282 e. The van der Waals surface area contributed by atoms with Crippen LogP contribution in [0.5, 0.6) is 0 Å². The van der Waals surface area contributed by atoms with Crippen molar-refractivity contribution in [1.29, 1.82) is 0 Å². The van der Waals surface area contributed by atoms with E-state index in [0.717, 1.165) is 22.3 Å². The molecular weight excluding hydrogens is 408 g/mol. The average Bonchev–Trinajstić information content (AvgIpc) is 3.02. The lowest BCUT2D eigenvalue weighted by Gasteiger charge is -2.21. The van der Waals surface area contributed by atoms with Crippen molar-refractivity contribution in [3.05, 3.63) is 106 Å². The minimum absolute atomic E-state index is 0.328. The number of hydrogen-bond acceptors (Lipinski definition) is 3. The van der Waals surface area contributed by atoms with Crippen LogP contribution >= 0.6 is 11.6 Å². The Labute approximate surface area is 187 Å². The number of halogens is 1. The van der Waals surface area contributed by atoms with E-state index in [1.165, 1.54) is 4.90 Å². The van der Waals surface area contributed by atoms with Crippen molar-refractivity contribution in [2.24, 2.45) is 0 Å². The maximum absolute atomic E-state index is 13.6. The third kappa shape index (κ3) is 3.99. The van der Waals surface area contributed by atoms with Gasteiger partial charge in [0.1, 0.15) is 5.70 Å². The van der Waals surface area contributed by atoms with Gasteiger partial charge in [-0.3, -0.25) is 9.59 Å². The number of anilines is 1. The summed E-state index contributed by atoms with van der Waals surface area (Å²) in [5.74, 6) is -0.663. The fraction of sp³-hybridized carbons (Fsp3) is 0.154. The summed E-state index contributed by atoms with van der Waals surface area (Å²) in [5, 5.41) is 0.548. The highest BCUT2D eigenvalue weighted by Crippen LogP contribution is 2.35. The number of nitrogens with zero attached hydrogens (tertiary/aromatic N) is 2. The van der Waals surface area contributed by atoms with E-state index in [1.54, 1.807) is 24.3 Å². The van der Waals surface area contributed by atoms with Gasteiger partial charge < -0.3 is 4.90 Å². The van der Waals surface area contributed by atoms with Crippen molar-refractivity contribution in [2.45, 2.75) is 20.4 Å². The maximum atomic E-state index is 13.6. The molecule has 0 aromatic heterocycles. The average molecular weight is 431 g/mol. The van der Waals surface area contributed by atoms with Crippen molar-refractivity contribution < 1.29 is 9.59 Å². The third-order valence-electron chi connectivity index (χ3n) is 5.58. The number of carbonyl (C=O) groups excluding carboxylic acids is 2. The molecule has 0 radical (unpaired) electrons. The summed E-state index contributed by atoms with van der Waals surface area (Å²) in [6.45, 7) is 4.54. The van der Waals surface area contributed by atoms with E-state index in [1.807, 2.05) is 74.3 Å². The van der Waals surface area contributed by atoms with E-state index in [2.05, 4.69) is 0 Å². The fourth-order valence-electron chi connectivity index (χ4n) is 3.79. The molecule has 1 aliphatic heterocycles. The standard InChI is InChI=1S/C26H23ClN2O2/c1-17-9-10-20(15-18(17)2)23-24(28(3)16-19-7-5-4-6-8-19)26(31)29(25(23)30)22-13-11-21(27)12-14-22/h4-15H,16H2,1-3H3. The second-order valence-electron chi connectivity index (χ2n) is 7.79. The number of aryl methyl sites for hydroxylation is 2. The molecule has 0 aliphatic carbocycles. The van der Waals surface area contributed by atoms with Crippen LogP contribution in [0.25, 0.3) is 5.57 Å². The van der Waals surface area contributed by atoms with Gasteiger partial charge in [-0.25, -0.2) is 4.90 Å². The van der Waals surface area contributed by atoms with Crippen molar-refractivity contribution in [3.63, 3.8) is 0 Å². The van der Waals surface area contributed by atoms with Gasteiger partial charge >= 0.3 is 0 Å². The zero-order valence-corrected chi connectivity index (χ0v) is 18.5. The molecule has 0 unspecified atom stereocenters. The van der Waals surface area contributed by atoms with Gasteiger partial charge in [-0.05, 0) is 60.4 Å². The molecule has 0 saturated heterocycles. The number of imide groups is 1. The second kappa shape index (κ2) is 8.40. The molecule has 1 heterocycles. The van der Waals surface area contributed by atoms with Crippen molar-refractivity contribution in [1.82, 2.24) is 4.90 Å². The molecular formula is C26H23ClN2O2. The third-order valence-corrected chi connectivity index (χ3v) is 5.84. The Morgan fingerprint density at radius 3 is 2.16 bits per heavy atom. The highest BCUT2D eigenvalue weighted by atomic mass is 35.5. The van der Waals surface area contributed by atoms with Crippen LogP contribution in [0.15, 0.2) is 78.5 Å². The Bertz CT molecular complexity index is 1180. The molecule has 0 atom stereocenters. The lowest BCUT2D eigenvalue weighted by molar-refractivity contribution is -0.120. The Hall–Kier alpha value is -3.37. The molecule has 0 N–H and O–H groups in total. The SMILES string of the molecule is Cc1ccc(C2=C(N(C)Cc3ccccc3)C(=O)N(c3ccc(Cl)cc3)C2=O)cc1C. The van der Waals surface area contributed by atoms with E-state index in [4.69, 9.17) is 11.6 Å². The van der Waals surface area contributed by atoms with Crippen molar-refractivity contribution >= 4 is 34.7 Å². The number of rotatable bonds is 5. The van der Waals surface area contributed by atoms with Crippen LogP contribution in [0.4, 0.5) is 5.69 Å². The highest BCUT2D eigenvalue weighted by molar-refractivity contribution is 6.45. The lowest BCUT2D eigenvalue weighted by Crippen LogP contribution is -2.34. The lowest BCUT2D eigenvalue weighted by atomic mass is 9.99. The van der Waals surface area contributed by atoms with Crippen LogP contribution in [0.3, 0.4) is 0 Å². The van der Waals surface area contributed by atoms with Crippen LogP contribution in [-0.4, -0.2) is 23.8 Å². The largest absolute Gasteiger partial charge is 0.365 e. The zero-order chi connectivity index (χ0) is 22.1. The summed E-state index contributed by atoms with van der Waals surface area (Å²) in [4.78, 5) is 30.2. The molecule has 3 aromatic carbocycles. The Balaban J connectivity index is 1.82. The molecule has 31 heavy (non-hydrogen) atoms. The van der Waals surface area contributed by atoms with E-state index >= 15 is 0 Å². The van der Waals surface area contributed by atoms with Gasteiger partial charge in [0, 0.05) is 18.6 Å². The molecule has 0 bridgehead atoms. The molecule has 4 nitrogen and oxygen atoms in total. The highest BCUT2D eigenvalue weighted by Gasteiger charge is 2.41. The number of benzene rings is 3. The molecule has 0 spiro atoms. The number of carbonyl (C=O) groups is 2. The van der Waals surface area contributed by atoms with Crippen LogP contribution < -0.4 is 4.90 Å². The monoisotopic (exact) mass is 430 g/mol. The Morgan fingerprint density at radius 2 is 1.52 bits per heavy atom. The van der Waals surface area contributed by atoms with Gasteiger partial charge in [0.05, 0.1) is 11.3 Å². The van der Waals surface area contributed by atoms with Gasteiger partial charge in [-0.1, -0.05) is 60.1 Å². The van der Waals surface area contributed by atoms with Gasteiger partial charge in [0.25, 0.3) is 11.8 Å². The summed E-state index contributed by atoms with van der Waals surface area (Å²) in [6, 6.07) is 22.5. The molecule has 156 valence electrons. The van der Waals surface area contributed by atoms with Crippen molar-refractivity contribution in [2.75, 3.05) is 11.9 Å². The quantitative estimate of drug-likeness (QED) is 0.511. The molecule has 2 amide bonds. The molecule has 1 aliphatic rings. The van der Waals surface area contributed by atoms with Crippen LogP contribution in [0, 0.1) is 13.8 Å². The number of hydrogen-bond donors (Lipinski definition) is 0. The van der Waals surface area contributed by atoms with Crippen molar-refractivity contribution in [3.8, 4) is 0 Å². The molecule has 5 heteroatoms. The predicted molar refractivity (Wildman–Crippen MR) is 125 cm³/mol. The summed E-state index contributed by atoms with van der Waals surface area (Å²) in [6.07, 6.45) is 0. The van der Waals surface area contributed by atoms with E-state index < -0.39 is 0 Å². The minimum Gasteiger partial charge on any atom is -0.365 e. The van der Waals surface area contributed by atoms with Crippen LogP contribution in [0.2, 0.25) is 5.02 Å². The Kier molecular flexibility index (Phi) is 5.66. The molecule has 3 aromatic rings. The van der Waals surface area contributed by atoms with E-state index in [-0.39, 0.29) is 11.8 Å². The summed E-state index contributed by atoms with van der Waals surface area (Å²) in [5.41, 5.74) is 5.32. The van der Waals surface area contributed by atoms with Crippen LogP contribution in [0.1, 0.15) is 22.3 Å². The second-order valence-corrected chi connectivity index (χ2v) is 8.22. The minimum atomic E-state index is -0.334. The molecule has 0 fully saturated rings. The van der Waals surface area contributed by atoms with Gasteiger partial charge in [0.2, 0.25) is 0 Å². The first-order chi connectivity index (χ1) is 14.9. The molecule has 0 saturated carbocycles. The first-order valence-electron chi connectivity index (χ1n) is 10.1. The maximum Gasteiger partial charge on any atom is 0.282 e. The number of likely N-dealkylation sites (N-methyl/N-ethyl adjacent to an activating group) is 1. The topological polar surface area (TPSA) is 40.6 Å². The normalized spacial score (nSPS) is 13.9. The zero-order valence-electron chi connectivity index (χ0n) is 17.7. The predicted octanol–water partition coefficient (Wildman–Crippen LogP) is 5.37. The Morgan fingerprint density at radius 1 is 0.839 bits per heavy atom.